The second-order valence-corrected chi connectivity index (χ2v) is 4.78. The zero-order valence-corrected chi connectivity index (χ0v) is 11.0. The second-order valence-electron chi connectivity index (χ2n) is 4.34. The minimum atomic E-state index is -0.316. The Kier molecular flexibility index (Phi) is 3.16. The van der Waals surface area contributed by atoms with Gasteiger partial charge in [0.05, 0.1) is 11.4 Å². The number of halogens is 2. The van der Waals surface area contributed by atoms with E-state index >= 15 is 0 Å². The summed E-state index contributed by atoms with van der Waals surface area (Å²) in [6.07, 6.45) is 0. The van der Waals surface area contributed by atoms with Crippen LogP contribution in [-0.2, 0) is 0 Å². The summed E-state index contributed by atoms with van der Waals surface area (Å²) < 4.78 is 13.2. The Balaban J connectivity index is 2.04. The fourth-order valence-electron chi connectivity index (χ4n) is 1.98. The smallest absolute Gasteiger partial charge is 0.125 e. The summed E-state index contributed by atoms with van der Waals surface area (Å²) >= 11 is 5.91. The molecule has 0 amide bonds. The lowest BCUT2D eigenvalue weighted by atomic mass is 10.1. The van der Waals surface area contributed by atoms with Crippen molar-refractivity contribution in [1.82, 2.24) is 10.2 Å². The van der Waals surface area contributed by atoms with Crippen LogP contribution in [0.5, 0.6) is 5.75 Å². The predicted molar refractivity (Wildman–Crippen MR) is 76.1 cm³/mol. The van der Waals surface area contributed by atoms with E-state index in [1.54, 1.807) is 30.3 Å². The summed E-state index contributed by atoms with van der Waals surface area (Å²) in [5.41, 5.74) is 2.42. The SMILES string of the molecule is Oc1ccc(Cl)cc1-c1cc(-c2cccc(F)c2)[nH]n1. The number of phenols is 1. The van der Waals surface area contributed by atoms with Gasteiger partial charge in [-0.2, -0.15) is 5.10 Å². The number of rotatable bonds is 2. The lowest BCUT2D eigenvalue weighted by Gasteiger charge is -2.00. The van der Waals surface area contributed by atoms with Crippen LogP contribution in [-0.4, -0.2) is 15.3 Å². The molecule has 0 atom stereocenters. The van der Waals surface area contributed by atoms with E-state index in [2.05, 4.69) is 10.2 Å². The maximum atomic E-state index is 13.2. The minimum absolute atomic E-state index is 0.0895. The fraction of sp³-hybridized carbons (Fsp3) is 0. The van der Waals surface area contributed by atoms with Gasteiger partial charge >= 0.3 is 0 Å². The van der Waals surface area contributed by atoms with Crippen molar-refractivity contribution in [3.05, 3.63) is 59.4 Å². The quantitative estimate of drug-likeness (QED) is 0.741. The molecule has 0 bridgehead atoms. The lowest BCUT2D eigenvalue weighted by molar-refractivity contribution is 0.477. The highest BCUT2D eigenvalue weighted by Crippen LogP contribution is 2.32. The van der Waals surface area contributed by atoms with Crippen molar-refractivity contribution in [3.8, 4) is 28.3 Å². The Morgan fingerprint density at radius 3 is 2.75 bits per heavy atom. The van der Waals surface area contributed by atoms with Crippen LogP contribution in [0.25, 0.3) is 22.5 Å². The third kappa shape index (κ3) is 2.38. The summed E-state index contributed by atoms with van der Waals surface area (Å²) in [4.78, 5) is 0. The number of H-pyrrole nitrogens is 1. The predicted octanol–water partition coefficient (Wildman–Crippen LogP) is 4.24. The van der Waals surface area contributed by atoms with Gasteiger partial charge in [0.25, 0.3) is 0 Å². The maximum absolute atomic E-state index is 13.2. The number of nitrogens with zero attached hydrogens (tertiary/aromatic N) is 1. The summed E-state index contributed by atoms with van der Waals surface area (Å²) in [7, 11) is 0. The maximum Gasteiger partial charge on any atom is 0.125 e. The van der Waals surface area contributed by atoms with Crippen molar-refractivity contribution >= 4 is 11.6 Å². The van der Waals surface area contributed by atoms with Gasteiger partial charge in [0.2, 0.25) is 0 Å². The first kappa shape index (κ1) is 12.7. The first-order chi connectivity index (χ1) is 9.63. The molecule has 0 fully saturated rings. The van der Waals surface area contributed by atoms with Crippen molar-refractivity contribution in [3.63, 3.8) is 0 Å². The normalized spacial score (nSPS) is 10.7. The van der Waals surface area contributed by atoms with Crippen molar-refractivity contribution < 1.29 is 9.50 Å². The van der Waals surface area contributed by atoms with Crippen molar-refractivity contribution in [2.45, 2.75) is 0 Å². The third-order valence-electron chi connectivity index (χ3n) is 2.95. The minimum Gasteiger partial charge on any atom is -0.507 e. The number of hydrogen-bond acceptors (Lipinski definition) is 2. The van der Waals surface area contributed by atoms with E-state index in [-0.39, 0.29) is 11.6 Å². The number of benzene rings is 2. The molecule has 0 unspecified atom stereocenters. The van der Waals surface area contributed by atoms with Crippen molar-refractivity contribution in [2.75, 3.05) is 0 Å². The molecule has 0 radical (unpaired) electrons. The Bertz CT molecular complexity index is 770. The average Bonchev–Trinajstić information content (AvgIpc) is 2.91. The number of nitrogens with one attached hydrogen (secondary N) is 1. The zero-order valence-electron chi connectivity index (χ0n) is 10.3. The monoisotopic (exact) mass is 288 g/mol. The number of phenolic OH excluding ortho intramolecular Hbond substituents is 1. The molecule has 3 nitrogen and oxygen atoms in total. The molecule has 0 aliphatic carbocycles. The van der Waals surface area contributed by atoms with Gasteiger partial charge in [0.15, 0.2) is 0 Å². The molecule has 1 heterocycles. The first-order valence-electron chi connectivity index (χ1n) is 5.94. The topological polar surface area (TPSA) is 48.9 Å². The molecule has 0 aliphatic heterocycles. The van der Waals surface area contributed by atoms with E-state index in [0.717, 1.165) is 0 Å². The summed E-state index contributed by atoms with van der Waals surface area (Å²) in [5.74, 6) is -0.226. The molecule has 0 spiro atoms. The molecular weight excluding hydrogens is 279 g/mol. The Hall–Kier alpha value is -2.33. The van der Waals surface area contributed by atoms with Crippen LogP contribution in [0, 0.1) is 5.82 Å². The Labute approximate surface area is 119 Å². The van der Waals surface area contributed by atoms with Gasteiger partial charge in [-0.05, 0) is 36.4 Å². The van der Waals surface area contributed by atoms with Crippen LogP contribution in [0.4, 0.5) is 4.39 Å². The van der Waals surface area contributed by atoms with E-state index in [1.807, 2.05) is 0 Å². The number of aromatic hydroxyl groups is 1. The highest BCUT2D eigenvalue weighted by atomic mass is 35.5. The lowest BCUT2D eigenvalue weighted by Crippen LogP contribution is -1.79. The highest BCUT2D eigenvalue weighted by molar-refractivity contribution is 6.30. The van der Waals surface area contributed by atoms with Crippen LogP contribution in [0.3, 0.4) is 0 Å². The van der Waals surface area contributed by atoms with Gasteiger partial charge in [-0.25, -0.2) is 4.39 Å². The van der Waals surface area contributed by atoms with E-state index in [0.29, 0.717) is 27.5 Å². The highest BCUT2D eigenvalue weighted by Gasteiger charge is 2.10. The van der Waals surface area contributed by atoms with Gasteiger partial charge in [0.1, 0.15) is 11.6 Å². The molecule has 20 heavy (non-hydrogen) atoms. The summed E-state index contributed by atoms with van der Waals surface area (Å²) in [5, 5.41) is 17.3. The Morgan fingerprint density at radius 2 is 1.95 bits per heavy atom. The van der Waals surface area contributed by atoms with E-state index in [9.17, 15) is 9.50 Å². The van der Waals surface area contributed by atoms with Crippen LogP contribution in [0.1, 0.15) is 0 Å². The van der Waals surface area contributed by atoms with Gasteiger partial charge in [-0.1, -0.05) is 23.7 Å². The van der Waals surface area contributed by atoms with Crippen molar-refractivity contribution in [1.29, 1.82) is 0 Å². The van der Waals surface area contributed by atoms with E-state index in [4.69, 9.17) is 11.6 Å². The Morgan fingerprint density at radius 1 is 1.10 bits per heavy atom. The molecule has 1 aromatic heterocycles. The van der Waals surface area contributed by atoms with Gasteiger partial charge in [-0.15, -0.1) is 0 Å². The van der Waals surface area contributed by atoms with Crippen LogP contribution in [0.15, 0.2) is 48.5 Å². The molecule has 100 valence electrons. The molecule has 5 heteroatoms. The van der Waals surface area contributed by atoms with Crippen molar-refractivity contribution in [2.24, 2.45) is 0 Å². The average molecular weight is 289 g/mol. The summed E-state index contributed by atoms with van der Waals surface area (Å²) in [6.45, 7) is 0. The second kappa shape index (κ2) is 4.98. The largest absolute Gasteiger partial charge is 0.507 e. The number of aromatic amines is 1. The zero-order chi connectivity index (χ0) is 14.1. The van der Waals surface area contributed by atoms with Gasteiger partial charge in [0, 0.05) is 16.1 Å². The van der Waals surface area contributed by atoms with Crippen LogP contribution >= 0.6 is 11.6 Å². The van der Waals surface area contributed by atoms with E-state index < -0.39 is 0 Å². The molecule has 0 aliphatic rings. The standard InChI is InChI=1S/C15H10ClFN2O/c16-10-4-5-15(20)12(7-10)14-8-13(18-19-14)9-2-1-3-11(17)6-9/h1-8,20H,(H,18,19). The van der Waals surface area contributed by atoms with Gasteiger partial charge < -0.3 is 5.11 Å². The van der Waals surface area contributed by atoms with Crippen LogP contribution < -0.4 is 0 Å². The van der Waals surface area contributed by atoms with Crippen LogP contribution in [0.2, 0.25) is 5.02 Å². The third-order valence-corrected chi connectivity index (χ3v) is 3.18. The molecular formula is C15H10ClFN2O. The molecule has 2 N–H and O–H groups in total. The number of aromatic nitrogens is 2. The molecule has 0 saturated heterocycles. The molecule has 0 saturated carbocycles. The number of hydrogen-bond donors (Lipinski definition) is 2. The fourth-order valence-corrected chi connectivity index (χ4v) is 2.15. The molecule has 3 rings (SSSR count). The van der Waals surface area contributed by atoms with E-state index in [1.165, 1.54) is 18.2 Å². The molecule has 3 aromatic rings. The first-order valence-corrected chi connectivity index (χ1v) is 6.31. The molecule has 2 aromatic carbocycles. The summed E-state index contributed by atoms with van der Waals surface area (Å²) in [6, 6.07) is 12.7. The van der Waals surface area contributed by atoms with Gasteiger partial charge in [-0.3, -0.25) is 5.10 Å².